The molecule has 1 heterocycles. The molecule has 0 saturated carbocycles. The molecule has 1 aliphatic rings. The van der Waals surface area contributed by atoms with E-state index in [1.807, 2.05) is 0 Å². The smallest absolute Gasteiger partial charge is 0.151 e. The standard InChI is InChI=1S/C4H4.Al/c1-3-4-2;/h1-4H;. The number of allylic oxidation sites excluding steroid dienone is 2. The highest BCUT2D eigenvalue weighted by Crippen LogP contribution is 1.82. The average molecular weight is 79.1 g/mol. The van der Waals surface area contributed by atoms with E-state index < -0.39 is 0 Å². The lowest BCUT2D eigenvalue weighted by atomic mass is 10.6. The Morgan fingerprint density at radius 1 is 1.00 bits per heavy atom. The molecule has 0 nitrogen and oxygen atoms in total. The van der Waals surface area contributed by atoms with Gasteiger partial charge in [0.1, 0.15) is 0 Å². The molecule has 1 radical (unpaired) electrons. The van der Waals surface area contributed by atoms with E-state index in [1.165, 1.54) is 0 Å². The second-order valence-corrected chi connectivity index (χ2v) is 2.12. The summed E-state index contributed by atoms with van der Waals surface area (Å²) in [4.78, 5) is 4.42. The third kappa shape index (κ3) is 0.647. The first-order chi connectivity index (χ1) is 2.50. The van der Waals surface area contributed by atoms with Crippen LogP contribution in [0.15, 0.2) is 22.0 Å². The summed E-state index contributed by atoms with van der Waals surface area (Å²) in [6, 6.07) is 0. The second kappa shape index (κ2) is 1.45. The minimum absolute atomic E-state index is 0.565. The summed E-state index contributed by atoms with van der Waals surface area (Å²) in [5.74, 6) is 0. The third-order valence-corrected chi connectivity index (χ3v) is 1.44. The minimum Gasteiger partial charge on any atom is -0.151 e. The molecule has 0 spiro atoms. The van der Waals surface area contributed by atoms with Gasteiger partial charge in [0.05, 0.1) is 0 Å². The highest BCUT2D eigenvalue weighted by atomic mass is 27.1. The Morgan fingerprint density at radius 2 is 1.60 bits per heavy atom. The molecule has 0 aromatic heterocycles. The molecule has 0 amide bonds. The lowest BCUT2D eigenvalue weighted by Crippen LogP contribution is -1.63. The van der Waals surface area contributed by atoms with Crippen LogP contribution >= 0.6 is 0 Å². The molecule has 0 unspecified atom stereocenters. The van der Waals surface area contributed by atoms with Crippen LogP contribution in [-0.2, 0) is 0 Å². The molecule has 1 aliphatic heterocycles. The molecule has 0 fully saturated rings. The maximum Gasteiger partial charge on any atom is 0.273 e. The summed E-state index contributed by atoms with van der Waals surface area (Å²) in [6.07, 6.45) is 4.19. The van der Waals surface area contributed by atoms with Gasteiger partial charge in [-0.1, -0.05) is 12.2 Å². The average Bonchev–Trinajstić information content (AvgIpc) is 1.76. The maximum atomic E-state index is 2.21. The molecule has 1 heteroatoms. The van der Waals surface area contributed by atoms with Gasteiger partial charge >= 0.3 is 0 Å². The monoisotopic (exact) mass is 79.0 g/mol. The van der Waals surface area contributed by atoms with Gasteiger partial charge < -0.3 is 0 Å². The van der Waals surface area contributed by atoms with Crippen LogP contribution in [0.1, 0.15) is 0 Å². The van der Waals surface area contributed by atoms with Crippen molar-refractivity contribution in [1.29, 1.82) is 0 Å². The van der Waals surface area contributed by atoms with Crippen LogP contribution in [0, 0.1) is 0 Å². The molecule has 5 heavy (non-hydrogen) atoms. The summed E-state index contributed by atoms with van der Waals surface area (Å²) >= 11 is 0.565. The molecular weight excluding hydrogens is 75.0 g/mol. The van der Waals surface area contributed by atoms with Crippen LogP contribution in [0.3, 0.4) is 0 Å². The van der Waals surface area contributed by atoms with Crippen molar-refractivity contribution in [3.05, 3.63) is 22.0 Å². The van der Waals surface area contributed by atoms with E-state index in [9.17, 15) is 0 Å². The lowest BCUT2D eigenvalue weighted by Gasteiger charge is -1.49. The molecule has 1 rings (SSSR count). The van der Waals surface area contributed by atoms with Crippen molar-refractivity contribution in [3.63, 3.8) is 0 Å². The summed E-state index contributed by atoms with van der Waals surface area (Å²) in [7, 11) is 0. The van der Waals surface area contributed by atoms with Gasteiger partial charge in [-0.2, -0.15) is 9.88 Å². The van der Waals surface area contributed by atoms with E-state index in [0.29, 0.717) is 15.2 Å². The van der Waals surface area contributed by atoms with E-state index >= 15 is 0 Å². The normalized spacial score (nSPS) is 16.0. The van der Waals surface area contributed by atoms with E-state index in [-0.39, 0.29) is 0 Å². The Hall–Kier alpha value is 0.0125. The molecule has 0 aliphatic carbocycles. The van der Waals surface area contributed by atoms with Crippen molar-refractivity contribution < 1.29 is 0 Å². The first kappa shape index (κ1) is 3.21. The molecule has 0 atom stereocenters. The van der Waals surface area contributed by atoms with Crippen molar-refractivity contribution in [2.24, 2.45) is 0 Å². The van der Waals surface area contributed by atoms with Gasteiger partial charge in [0.25, 0.3) is 15.2 Å². The Morgan fingerprint density at radius 3 is 1.80 bits per heavy atom. The first-order valence-electron chi connectivity index (χ1n) is 1.67. The van der Waals surface area contributed by atoms with Crippen LogP contribution in [-0.4, -0.2) is 15.2 Å². The SMILES string of the molecule is C1=[CH][Al][CH]=C1. The Kier molecular flexibility index (Phi) is 0.931. The van der Waals surface area contributed by atoms with Gasteiger partial charge in [-0.25, -0.2) is 0 Å². The maximum absolute atomic E-state index is 2.21. The fourth-order valence-corrected chi connectivity index (χ4v) is 0.962. The highest BCUT2D eigenvalue weighted by Gasteiger charge is 1.77. The van der Waals surface area contributed by atoms with Crippen molar-refractivity contribution in [3.8, 4) is 0 Å². The zero-order valence-electron chi connectivity index (χ0n) is 2.89. The predicted molar refractivity (Wildman–Crippen MR) is 24.0 cm³/mol. The Bertz CT molecular complexity index is 61.7. The lowest BCUT2D eigenvalue weighted by molar-refractivity contribution is 2.15. The molecular formula is C4H4Al. The molecule has 0 aromatic carbocycles. The predicted octanol–water partition coefficient (Wildman–Crippen LogP) is 0.732. The quantitative estimate of drug-likeness (QED) is 0.375. The molecule has 0 aromatic rings. The van der Waals surface area contributed by atoms with Crippen LogP contribution in [0.25, 0.3) is 0 Å². The van der Waals surface area contributed by atoms with Gasteiger partial charge in [0.15, 0.2) is 0 Å². The Labute approximate surface area is 37.9 Å². The fraction of sp³-hybridized carbons (Fsp3) is 0. The van der Waals surface area contributed by atoms with Crippen LogP contribution < -0.4 is 0 Å². The fourth-order valence-electron chi connectivity index (χ4n) is 0.321. The summed E-state index contributed by atoms with van der Waals surface area (Å²) in [5.41, 5.74) is 0. The van der Waals surface area contributed by atoms with Gasteiger partial charge in [0, 0.05) is 0 Å². The van der Waals surface area contributed by atoms with Gasteiger partial charge in [-0.05, 0) is 0 Å². The van der Waals surface area contributed by atoms with E-state index in [0.717, 1.165) is 0 Å². The zero-order chi connectivity index (χ0) is 3.54. The van der Waals surface area contributed by atoms with E-state index in [1.54, 1.807) is 0 Å². The van der Waals surface area contributed by atoms with Gasteiger partial charge in [-0.3, -0.25) is 0 Å². The van der Waals surface area contributed by atoms with Gasteiger partial charge in [-0.15, -0.1) is 0 Å². The number of hydrogen-bond acceptors (Lipinski definition) is 0. The number of hydrogen-bond donors (Lipinski definition) is 0. The summed E-state index contributed by atoms with van der Waals surface area (Å²) < 4.78 is 0. The van der Waals surface area contributed by atoms with Gasteiger partial charge in [0.2, 0.25) is 0 Å². The molecule has 23 valence electrons. The Balaban J connectivity index is 2.61. The molecule has 0 N–H and O–H groups in total. The molecule has 0 bridgehead atoms. The zero-order valence-corrected chi connectivity index (χ0v) is 4.04. The van der Waals surface area contributed by atoms with Crippen molar-refractivity contribution in [2.45, 2.75) is 0 Å². The largest absolute Gasteiger partial charge is 0.273 e. The van der Waals surface area contributed by atoms with Crippen LogP contribution in [0.4, 0.5) is 0 Å². The van der Waals surface area contributed by atoms with Crippen molar-refractivity contribution in [2.75, 3.05) is 0 Å². The number of rotatable bonds is 0. The van der Waals surface area contributed by atoms with Crippen molar-refractivity contribution >= 4 is 15.2 Å². The topological polar surface area (TPSA) is 0 Å². The minimum atomic E-state index is 0.565. The first-order valence-corrected chi connectivity index (χ1v) is 3.00. The van der Waals surface area contributed by atoms with E-state index in [4.69, 9.17) is 0 Å². The summed E-state index contributed by atoms with van der Waals surface area (Å²) in [6.45, 7) is 0. The van der Waals surface area contributed by atoms with Crippen LogP contribution in [0.2, 0.25) is 0 Å². The molecule has 0 saturated heterocycles. The van der Waals surface area contributed by atoms with Crippen molar-refractivity contribution in [1.82, 2.24) is 0 Å². The third-order valence-electron chi connectivity index (χ3n) is 0.556. The van der Waals surface area contributed by atoms with Crippen LogP contribution in [0.5, 0.6) is 0 Å². The summed E-state index contributed by atoms with van der Waals surface area (Å²) in [5, 5.41) is 0. The highest BCUT2D eigenvalue weighted by molar-refractivity contribution is 6.49. The second-order valence-electron chi connectivity index (χ2n) is 0.962. The van der Waals surface area contributed by atoms with E-state index in [2.05, 4.69) is 22.0 Å².